The van der Waals surface area contributed by atoms with Gasteiger partial charge in [0.05, 0.1) is 0 Å². The minimum atomic E-state index is -4.35. The molecule has 1 aromatic rings. The maximum atomic E-state index is 11.9. The second-order valence-corrected chi connectivity index (χ2v) is 5.48. The molecule has 8 heteroatoms. The van der Waals surface area contributed by atoms with Gasteiger partial charge in [-0.3, -0.25) is 0 Å². The average molecular weight is 295 g/mol. The summed E-state index contributed by atoms with van der Waals surface area (Å²) < 4.78 is 45.2. The van der Waals surface area contributed by atoms with Crippen LogP contribution in [0.4, 0.5) is 13.2 Å². The van der Waals surface area contributed by atoms with Gasteiger partial charge < -0.3 is 14.5 Å². The predicted molar refractivity (Wildman–Crippen MR) is 66.1 cm³/mol. The van der Waals surface area contributed by atoms with E-state index in [0.717, 1.165) is 13.0 Å². The number of aryl methyl sites for hydroxylation is 1. The summed E-state index contributed by atoms with van der Waals surface area (Å²) in [4.78, 5) is 0. The molecule has 1 rings (SSSR count). The minimum absolute atomic E-state index is 0.0471. The molecule has 0 amide bonds. The van der Waals surface area contributed by atoms with Gasteiger partial charge >= 0.3 is 6.18 Å². The SMILES string of the molecule is CC(C)(C)NCCCc1nnc(COCC(F)(F)F)o1. The number of aromatic nitrogens is 2. The van der Waals surface area contributed by atoms with Crippen molar-refractivity contribution in [3.05, 3.63) is 11.8 Å². The summed E-state index contributed by atoms with van der Waals surface area (Å²) in [5, 5.41) is 10.7. The summed E-state index contributed by atoms with van der Waals surface area (Å²) in [5.41, 5.74) is 0.0471. The van der Waals surface area contributed by atoms with Gasteiger partial charge in [0.15, 0.2) is 0 Å². The van der Waals surface area contributed by atoms with Crippen LogP contribution in [0, 0.1) is 0 Å². The lowest BCUT2D eigenvalue weighted by Crippen LogP contribution is -2.36. The third-order valence-corrected chi connectivity index (χ3v) is 2.22. The van der Waals surface area contributed by atoms with E-state index in [4.69, 9.17) is 4.42 Å². The van der Waals surface area contributed by atoms with Crippen LogP contribution in [0.15, 0.2) is 4.42 Å². The Balaban J connectivity index is 2.22. The van der Waals surface area contributed by atoms with E-state index in [-0.39, 0.29) is 18.0 Å². The van der Waals surface area contributed by atoms with Crippen LogP contribution in [0.2, 0.25) is 0 Å². The van der Waals surface area contributed by atoms with Crippen molar-refractivity contribution in [3.63, 3.8) is 0 Å². The molecule has 20 heavy (non-hydrogen) atoms. The van der Waals surface area contributed by atoms with Crippen molar-refractivity contribution in [2.24, 2.45) is 0 Å². The van der Waals surface area contributed by atoms with Gasteiger partial charge in [-0.15, -0.1) is 10.2 Å². The number of hydrogen-bond donors (Lipinski definition) is 1. The summed E-state index contributed by atoms with van der Waals surface area (Å²) in [7, 11) is 0. The van der Waals surface area contributed by atoms with Crippen molar-refractivity contribution >= 4 is 0 Å². The van der Waals surface area contributed by atoms with Crippen molar-refractivity contribution in [1.29, 1.82) is 0 Å². The molecule has 116 valence electrons. The Hall–Kier alpha value is -1.15. The van der Waals surface area contributed by atoms with Gasteiger partial charge in [-0.25, -0.2) is 0 Å². The molecule has 0 aliphatic rings. The zero-order valence-electron chi connectivity index (χ0n) is 11.9. The fourth-order valence-corrected chi connectivity index (χ4v) is 1.40. The van der Waals surface area contributed by atoms with Crippen LogP contribution in [-0.2, 0) is 17.8 Å². The number of ether oxygens (including phenoxy) is 1. The molecule has 0 saturated carbocycles. The summed E-state index contributed by atoms with van der Waals surface area (Å²) in [5.74, 6) is 0.472. The molecule has 0 aliphatic heterocycles. The monoisotopic (exact) mass is 295 g/mol. The lowest BCUT2D eigenvalue weighted by Gasteiger charge is -2.19. The van der Waals surface area contributed by atoms with Crippen LogP contribution in [0.3, 0.4) is 0 Å². The van der Waals surface area contributed by atoms with E-state index in [1.54, 1.807) is 0 Å². The molecule has 0 radical (unpaired) electrons. The van der Waals surface area contributed by atoms with Crippen molar-refractivity contribution in [2.75, 3.05) is 13.2 Å². The number of rotatable bonds is 7. The topological polar surface area (TPSA) is 60.2 Å². The van der Waals surface area contributed by atoms with Crippen LogP contribution < -0.4 is 5.32 Å². The Labute approximate surface area is 115 Å². The minimum Gasteiger partial charge on any atom is -0.423 e. The first-order valence-corrected chi connectivity index (χ1v) is 6.36. The first-order chi connectivity index (χ1) is 9.16. The molecule has 0 unspecified atom stereocenters. The van der Waals surface area contributed by atoms with Gasteiger partial charge in [0.1, 0.15) is 13.2 Å². The molecular formula is C12H20F3N3O2. The van der Waals surface area contributed by atoms with Gasteiger partial charge in [-0.05, 0) is 33.7 Å². The molecule has 0 aromatic carbocycles. The van der Waals surface area contributed by atoms with E-state index >= 15 is 0 Å². The van der Waals surface area contributed by atoms with Crippen LogP contribution in [0.25, 0.3) is 0 Å². The Kier molecular flexibility index (Phi) is 5.94. The number of nitrogens with one attached hydrogen (secondary N) is 1. The number of alkyl halides is 3. The molecule has 0 spiro atoms. The van der Waals surface area contributed by atoms with Crippen molar-refractivity contribution in [1.82, 2.24) is 15.5 Å². The van der Waals surface area contributed by atoms with Gasteiger partial charge in [-0.2, -0.15) is 13.2 Å². The lowest BCUT2D eigenvalue weighted by molar-refractivity contribution is -0.177. The second-order valence-electron chi connectivity index (χ2n) is 5.48. The fourth-order valence-electron chi connectivity index (χ4n) is 1.40. The van der Waals surface area contributed by atoms with Crippen LogP contribution in [0.5, 0.6) is 0 Å². The van der Waals surface area contributed by atoms with Gasteiger partial charge in [0.2, 0.25) is 11.8 Å². The normalized spacial score (nSPS) is 12.9. The van der Waals surface area contributed by atoms with Gasteiger partial charge in [0.25, 0.3) is 0 Å². The number of halogens is 3. The first-order valence-electron chi connectivity index (χ1n) is 6.36. The summed E-state index contributed by atoms with van der Waals surface area (Å²) in [6, 6.07) is 0. The molecule has 0 bridgehead atoms. The average Bonchev–Trinajstić information content (AvgIpc) is 2.69. The molecule has 5 nitrogen and oxygen atoms in total. The van der Waals surface area contributed by atoms with Gasteiger partial charge in [-0.1, -0.05) is 0 Å². The smallest absolute Gasteiger partial charge is 0.411 e. The fraction of sp³-hybridized carbons (Fsp3) is 0.833. The van der Waals surface area contributed by atoms with Crippen molar-refractivity contribution in [2.45, 2.75) is 51.9 Å². The van der Waals surface area contributed by atoms with Crippen LogP contribution in [0.1, 0.15) is 39.0 Å². The highest BCUT2D eigenvalue weighted by Crippen LogP contribution is 2.15. The van der Waals surface area contributed by atoms with E-state index in [1.165, 1.54) is 0 Å². The summed E-state index contributed by atoms with van der Waals surface area (Å²) in [6.45, 7) is 5.35. The second kappa shape index (κ2) is 7.03. The maximum Gasteiger partial charge on any atom is 0.411 e. The van der Waals surface area contributed by atoms with Crippen LogP contribution in [-0.4, -0.2) is 35.1 Å². The summed E-state index contributed by atoms with van der Waals surface area (Å²) >= 11 is 0. The zero-order chi connectivity index (χ0) is 15.2. The standard InChI is InChI=1S/C12H20F3N3O2/c1-11(2,3)16-6-4-5-9-17-18-10(20-9)7-19-8-12(13,14)15/h16H,4-8H2,1-3H3. The largest absolute Gasteiger partial charge is 0.423 e. The highest BCUT2D eigenvalue weighted by molar-refractivity contribution is 4.81. The molecule has 0 saturated heterocycles. The highest BCUT2D eigenvalue weighted by atomic mass is 19.4. The van der Waals surface area contributed by atoms with E-state index in [0.29, 0.717) is 12.3 Å². The maximum absolute atomic E-state index is 11.9. The molecule has 1 N–H and O–H groups in total. The Morgan fingerprint density at radius 3 is 2.40 bits per heavy atom. The Morgan fingerprint density at radius 2 is 1.80 bits per heavy atom. The zero-order valence-corrected chi connectivity index (χ0v) is 11.9. The molecule has 1 aromatic heterocycles. The lowest BCUT2D eigenvalue weighted by atomic mass is 10.1. The molecule has 0 atom stereocenters. The molecule has 1 heterocycles. The molecule has 0 fully saturated rings. The van der Waals surface area contributed by atoms with Crippen molar-refractivity contribution < 1.29 is 22.3 Å². The van der Waals surface area contributed by atoms with E-state index in [2.05, 4.69) is 41.0 Å². The van der Waals surface area contributed by atoms with E-state index < -0.39 is 12.8 Å². The Morgan fingerprint density at radius 1 is 1.15 bits per heavy atom. The van der Waals surface area contributed by atoms with Gasteiger partial charge in [0, 0.05) is 12.0 Å². The number of nitrogens with zero attached hydrogens (tertiary/aromatic N) is 2. The summed E-state index contributed by atoms with van der Waals surface area (Å²) in [6.07, 6.45) is -2.96. The molecular weight excluding hydrogens is 275 g/mol. The van der Waals surface area contributed by atoms with E-state index in [9.17, 15) is 13.2 Å². The number of hydrogen-bond acceptors (Lipinski definition) is 5. The third kappa shape index (κ3) is 8.11. The predicted octanol–water partition coefficient (Wildman–Crippen LogP) is 2.47. The van der Waals surface area contributed by atoms with Crippen molar-refractivity contribution in [3.8, 4) is 0 Å². The molecule has 0 aliphatic carbocycles. The van der Waals surface area contributed by atoms with Crippen LogP contribution >= 0.6 is 0 Å². The quantitative estimate of drug-likeness (QED) is 0.783. The third-order valence-electron chi connectivity index (χ3n) is 2.22. The highest BCUT2D eigenvalue weighted by Gasteiger charge is 2.27. The Bertz CT molecular complexity index is 399. The first kappa shape index (κ1) is 16.9. The van der Waals surface area contributed by atoms with E-state index in [1.807, 2.05) is 0 Å².